The van der Waals surface area contributed by atoms with E-state index < -0.39 is 17.7 Å². The van der Waals surface area contributed by atoms with Gasteiger partial charge in [-0.2, -0.15) is 0 Å². The minimum Gasteiger partial charge on any atom is -0.494 e. The number of carboxylic acid groups (broad SMARTS) is 1. The molecule has 66 heavy (non-hydrogen) atoms. The average molecular weight is 924 g/mol. The number of likely N-dealkylation sites (N-methyl/N-ethyl adjacent to an activating group) is 1. The summed E-state index contributed by atoms with van der Waals surface area (Å²) < 4.78 is 32.5. The van der Waals surface area contributed by atoms with Gasteiger partial charge in [0, 0.05) is 67.8 Å². The molecule has 1 saturated heterocycles. The average Bonchev–Trinajstić information content (AvgIpc) is 3.86. The number of hydrogen-bond donors (Lipinski definition) is 2. The van der Waals surface area contributed by atoms with Crippen molar-refractivity contribution in [3.8, 4) is 17.2 Å². The predicted octanol–water partition coefficient (Wildman–Crippen LogP) is 10.5. The molecule has 0 radical (unpaired) electrons. The lowest BCUT2D eigenvalue weighted by Crippen LogP contribution is -2.53. The van der Waals surface area contributed by atoms with Crippen LogP contribution in [-0.2, 0) is 34.3 Å². The number of aromatic nitrogens is 1. The molecule has 1 saturated carbocycles. The number of anilines is 1. The fourth-order valence-electron chi connectivity index (χ4n) is 11.3. The molecular formula is C54H68ClFN4O6. The molecule has 10 nitrogen and oxygen atoms in total. The Morgan fingerprint density at radius 2 is 1.80 bits per heavy atom. The summed E-state index contributed by atoms with van der Waals surface area (Å²) in [6.45, 7) is 8.66. The number of carboxylic acids is 1. The molecule has 4 atom stereocenters. The fraction of sp³-hybridized carbons (Fsp3) is 0.537. The van der Waals surface area contributed by atoms with Gasteiger partial charge >= 0.3 is 5.97 Å². The third kappa shape index (κ3) is 11.3. The van der Waals surface area contributed by atoms with Crippen molar-refractivity contribution in [2.45, 2.75) is 120 Å². The summed E-state index contributed by atoms with van der Waals surface area (Å²) >= 11 is 6.33. The van der Waals surface area contributed by atoms with Crippen molar-refractivity contribution in [3.05, 3.63) is 112 Å². The first kappa shape index (κ1) is 47.6. The lowest BCUT2D eigenvalue weighted by Gasteiger charge is -2.47. The van der Waals surface area contributed by atoms with E-state index in [2.05, 4.69) is 53.3 Å². The molecule has 1 aliphatic heterocycles. The van der Waals surface area contributed by atoms with Crippen molar-refractivity contribution in [3.63, 3.8) is 0 Å². The highest BCUT2D eigenvalue weighted by atomic mass is 35.5. The van der Waals surface area contributed by atoms with E-state index in [-0.39, 0.29) is 17.2 Å². The Hall–Kier alpha value is -4.87. The molecule has 4 aromatic rings. The molecule has 3 aromatic carbocycles. The molecule has 3 aliphatic carbocycles. The zero-order chi connectivity index (χ0) is 46.3. The molecule has 1 spiro atoms. The Balaban J connectivity index is 0.881. The molecule has 1 aromatic heterocycles. The number of nitrogens with one attached hydrogen (secondary N) is 1. The van der Waals surface area contributed by atoms with Crippen molar-refractivity contribution in [2.75, 3.05) is 58.4 Å². The third-order valence-electron chi connectivity index (χ3n) is 15.0. The monoisotopic (exact) mass is 922 g/mol. The normalized spacial score (nSPS) is 24.0. The van der Waals surface area contributed by atoms with Gasteiger partial charge in [-0.25, -0.2) is 9.18 Å². The standard InChI is InChI=1S/C54H68ClFN4O6/c1-37(36-66-49-17-24-57-48-13-4-8-38(2)51(48)49)30-41-32-40-15-16-46(34-47(40)53(41)20-22-54(23-21-53,52(62)63)58-44-11-6-10-42(55)33-44)64-28-7-14-50(61)59(3)25-18-39-9-5-12-45(31-39)65-29-27-60-26-19-43(56)35-60/h5-6,9-12,15-17,24,31,33-34,37-38,41,43,58H,4,7-8,13-14,18-23,25-30,32,35-36H2,1-3H3,(H,62,63)/t37-,38-,41+,43-,53?,54?/m1/s1. The van der Waals surface area contributed by atoms with Crippen LogP contribution >= 0.6 is 11.6 Å². The highest BCUT2D eigenvalue weighted by Crippen LogP contribution is 2.57. The SMILES string of the molecule is C[C@@H](COc1ccnc2c1[C@H](C)CCC2)C[C@H]1Cc2ccc(OCCCC(=O)N(C)CCc3cccc(OCCN4CC[C@@H](F)C4)c3)cc2C12CCC(Nc1cccc(Cl)c1)(C(=O)O)CC2. The number of pyridine rings is 1. The van der Waals surface area contributed by atoms with E-state index in [0.717, 1.165) is 74.3 Å². The van der Waals surface area contributed by atoms with Crippen LogP contribution in [0.5, 0.6) is 17.2 Å². The minimum atomic E-state index is -1.11. The van der Waals surface area contributed by atoms with E-state index >= 15 is 0 Å². The second-order valence-corrected chi connectivity index (χ2v) is 20.1. The van der Waals surface area contributed by atoms with Gasteiger partial charge < -0.3 is 29.5 Å². The van der Waals surface area contributed by atoms with E-state index in [0.29, 0.717) is 101 Å². The topological polar surface area (TPSA) is 113 Å². The molecular weight excluding hydrogens is 855 g/mol. The van der Waals surface area contributed by atoms with Crippen LogP contribution in [0.15, 0.2) is 79.0 Å². The molecule has 4 aliphatic rings. The Morgan fingerprint density at radius 3 is 2.59 bits per heavy atom. The van der Waals surface area contributed by atoms with E-state index in [9.17, 15) is 19.1 Å². The lowest BCUT2D eigenvalue weighted by molar-refractivity contribution is -0.144. The van der Waals surface area contributed by atoms with Crippen LogP contribution < -0.4 is 19.5 Å². The van der Waals surface area contributed by atoms with Gasteiger partial charge in [0.2, 0.25) is 5.91 Å². The number of fused-ring (bicyclic) bond motifs is 3. The summed E-state index contributed by atoms with van der Waals surface area (Å²) in [7, 11) is 1.85. The van der Waals surface area contributed by atoms with E-state index in [1.807, 2.05) is 49.6 Å². The lowest BCUT2D eigenvalue weighted by atomic mass is 9.59. The van der Waals surface area contributed by atoms with Crippen molar-refractivity contribution in [1.82, 2.24) is 14.8 Å². The maximum atomic E-state index is 13.5. The number of aryl methyl sites for hydroxylation is 1. The zero-order valence-corrected chi connectivity index (χ0v) is 39.8. The fourth-order valence-corrected chi connectivity index (χ4v) is 11.5. The van der Waals surface area contributed by atoms with Crippen LogP contribution in [0.25, 0.3) is 0 Å². The molecule has 2 heterocycles. The van der Waals surface area contributed by atoms with E-state index in [1.54, 1.807) is 17.0 Å². The van der Waals surface area contributed by atoms with Gasteiger partial charge in [0.15, 0.2) is 0 Å². The van der Waals surface area contributed by atoms with Gasteiger partial charge in [-0.3, -0.25) is 14.7 Å². The Bertz CT molecular complexity index is 2300. The summed E-state index contributed by atoms with van der Waals surface area (Å²) in [4.78, 5) is 34.9. The van der Waals surface area contributed by atoms with Crippen LogP contribution in [0.3, 0.4) is 0 Å². The van der Waals surface area contributed by atoms with Crippen LogP contribution in [0.1, 0.15) is 112 Å². The minimum absolute atomic E-state index is 0.0745. The highest BCUT2D eigenvalue weighted by Gasteiger charge is 2.54. The number of carbonyl (C=O) groups excluding carboxylic acids is 1. The van der Waals surface area contributed by atoms with E-state index in [1.165, 1.54) is 22.4 Å². The molecule has 0 unspecified atom stereocenters. The summed E-state index contributed by atoms with van der Waals surface area (Å²) in [5.74, 6) is 2.78. The first-order valence-corrected chi connectivity index (χ1v) is 24.7. The summed E-state index contributed by atoms with van der Waals surface area (Å²) in [6, 6.07) is 23.8. The second-order valence-electron chi connectivity index (χ2n) is 19.7. The highest BCUT2D eigenvalue weighted by molar-refractivity contribution is 6.30. The van der Waals surface area contributed by atoms with Crippen LogP contribution in [-0.4, -0.2) is 96.5 Å². The summed E-state index contributed by atoms with van der Waals surface area (Å²) in [5, 5.41) is 14.7. The maximum absolute atomic E-state index is 13.5. The number of benzene rings is 3. The Morgan fingerprint density at radius 1 is 1.00 bits per heavy atom. The van der Waals surface area contributed by atoms with Gasteiger partial charge in [-0.15, -0.1) is 0 Å². The van der Waals surface area contributed by atoms with Crippen LogP contribution in [0, 0.1) is 11.8 Å². The number of alkyl halides is 1. The Labute approximate surface area is 395 Å². The van der Waals surface area contributed by atoms with Gasteiger partial charge in [0.1, 0.15) is 35.6 Å². The smallest absolute Gasteiger partial charge is 0.329 e. The largest absolute Gasteiger partial charge is 0.494 e. The predicted molar refractivity (Wildman–Crippen MR) is 258 cm³/mol. The Kier molecular flexibility index (Phi) is 15.4. The quantitative estimate of drug-likeness (QED) is 0.0837. The molecule has 2 N–H and O–H groups in total. The van der Waals surface area contributed by atoms with Gasteiger partial charge in [-0.05, 0) is 165 Å². The number of nitrogens with zero attached hydrogens (tertiary/aromatic N) is 3. The molecule has 12 heteroatoms. The number of amides is 1. The number of aliphatic carboxylic acids is 1. The zero-order valence-electron chi connectivity index (χ0n) is 39.0. The summed E-state index contributed by atoms with van der Waals surface area (Å²) in [6.07, 6.45) is 11.0. The third-order valence-corrected chi connectivity index (χ3v) is 15.3. The number of carbonyl (C=O) groups is 2. The van der Waals surface area contributed by atoms with Gasteiger partial charge in [-0.1, -0.05) is 49.7 Å². The molecule has 354 valence electrons. The number of rotatable bonds is 20. The molecule has 2 fully saturated rings. The molecule has 8 rings (SSSR count). The van der Waals surface area contributed by atoms with Crippen LogP contribution in [0.4, 0.5) is 10.1 Å². The number of ether oxygens (including phenoxy) is 3. The first-order valence-electron chi connectivity index (χ1n) is 24.4. The number of likely N-dealkylation sites (tertiary alicyclic amines) is 1. The maximum Gasteiger partial charge on any atom is 0.329 e. The van der Waals surface area contributed by atoms with Crippen molar-refractivity contribution < 1.29 is 33.3 Å². The number of halogens is 2. The summed E-state index contributed by atoms with van der Waals surface area (Å²) in [5.41, 5.74) is 5.48. The van der Waals surface area contributed by atoms with E-state index in [4.69, 9.17) is 25.8 Å². The van der Waals surface area contributed by atoms with Crippen molar-refractivity contribution in [1.29, 1.82) is 0 Å². The van der Waals surface area contributed by atoms with Crippen molar-refractivity contribution in [2.24, 2.45) is 11.8 Å². The van der Waals surface area contributed by atoms with Gasteiger partial charge in [0.25, 0.3) is 0 Å². The molecule has 1 amide bonds. The number of hydrogen-bond acceptors (Lipinski definition) is 8. The molecule has 0 bridgehead atoms. The van der Waals surface area contributed by atoms with Crippen molar-refractivity contribution >= 4 is 29.2 Å². The first-order chi connectivity index (χ1) is 31.9. The van der Waals surface area contributed by atoms with Gasteiger partial charge in [0.05, 0.1) is 13.2 Å². The van der Waals surface area contributed by atoms with Crippen LogP contribution in [0.2, 0.25) is 5.02 Å². The second kappa shape index (κ2) is 21.4.